The lowest BCUT2D eigenvalue weighted by Gasteiger charge is -2.05. The van der Waals surface area contributed by atoms with Gasteiger partial charge in [0.25, 0.3) is 0 Å². The molecule has 0 rings (SSSR count). The maximum atomic E-state index is 10.5. The van der Waals surface area contributed by atoms with Crippen LogP contribution in [0.4, 0.5) is 0 Å². The largest absolute Gasteiger partial charge is 0.367 e. The number of rotatable bonds is 2. The average Bonchev–Trinajstić information content (AvgIpc) is 1.64. The van der Waals surface area contributed by atoms with E-state index in [0.29, 0.717) is 0 Å². The third-order valence-electron chi connectivity index (χ3n) is 0.886. The third kappa shape index (κ3) is 1.93. The molecule has 1 radical (unpaired) electrons. The molecule has 1 atom stereocenters. The molecule has 0 aromatic rings. The van der Waals surface area contributed by atoms with Crippen molar-refractivity contribution in [1.29, 1.82) is 0 Å². The minimum absolute atomic E-state index is 0.188. The Bertz CT molecular complexity index is 90.4. The van der Waals surface area contributed by atoms with Crippen LogP contribution in [0.5, 0.6) is 0 Å². The molecule has 1 unspecified atom stereocenters. The van der Waals surface area contributed by atoms with Gasteiger partial charge in [-0.15, -0.1) is 0 Å². The quantitative estimate of drug-likeness (QED) is 0.539. The van der Waals surface area contributed by atoms with E-state index < -0.39 is 12.0 Å². The summed E-state index contributed by atoms with van der Waals surface area (Å²) in [6, 6.07) is 0. The van der Waals surface area contributed by atoms with Gasteiger partial charge >= 0.3 is 0 Å². The van der Waals surface area contributed by atoms with Crippen LogP contribution in [-0.4, -0.2) is 12.0 Å². The van der Waals surface area contributed by atoms with Crippen molar-refractivity contribution in [2.75, 3.05) is 0 Å². The van der Waals surface area contributed by atoms with Crippen molar-refractivity contribution in [2.45, 2.75) is 20.0 Å². The Morgan fingerprint density at radius 3 is 1.88 bits per heavy atom. The fourth-order valence-electron chi connectivity index (χ4n) is 0.329. The lowest BCUT2D eigenvalue weighted by atomic mass is 10.1. The van der Waals surface area contributed by atoms with E-state index in [2.05, 4.69) is 5.73 Å². The molecule has 47 valence electrons. The summed E-state index contributed by atoms with van der Waals surface area (Å²) in [6.45, 7) is 3.34. The minimum Gasteiger partial charge on any atom is -0.367 e. The van der Waals surface area contributed by atoms with Gasteiger partial charge in [0, 0.05) is 0 Å². The number of carbonyl (C=O) groups excluding carboxylic acids is 1. The topological polar surface area (TPSA) is 63.0 Å². The smallest absolute Gasteiger partial charge is 0.250 e. The Kier molecular flexibility index (Phi) is 2.48. The van der Waals surface area contributed by atoms with E-state index in [1.807, 2.05) is 0 Å². The zero-order valence-electron chi connectivity index (χ0n) is 5.05. The lowest BCUT2D eigenvalue weighted by Crippen LogP contribution is -2.31. The summed E-state index contributed by atoms with van der Waals surface area (Å²) in [7, 11) is 0. The van der Waals surface area contributed by atoms with Gasteiger partial charge in [-0.3, -0.25) is 4.79 Å². The second kappa shape index (κ2) is 2.67. The summed E-state index contributed by atoms with van der Waals surface area (Å²) >= 11 is 0. The van der Waals surface area contributed by atoms with Crippen molar-refractivity contribution in [3.63, 3.8) is 0 Å². The molecule has 0 fully saturated rings. The number of hydrogen-bond acceptors (Lipinski definition) is 1. The van der Waals surface area contributed by atoms with Crippen LogP contribution >= 0.6 is 0 Å². The van der Waals surface area contributed by atoms with Crippen molar-refractivity contribution in [1.82, 2.24) is 0 Å². The molecule has 0 aliphatic heterocycles. The summed E-state index contributed by atoms with van der Waals surface area (Å²) in [5.41, 5.74) is 4.69. The Balaban J connectivity index is 3.64. The van der Waals surface area contributed by atoms with Crippen LogP contribution in [0.25, 0.3) is 0 Å². The highest BCUT2D eigenvalue weighted by Crippen LogP contribution is 1.98. The Hall–Kier alpha value is -0.570. The van der Waals surface area contributed by atoms with Crippen LogP contribution < -0.4 is 5.73 Å². The van der Waals surface area contributed by atoms with Crippen molar-refractivity contribution in [3.05, 3.63) is 0 Å². The summed E-state index contributed by atoms with van der Waals surface area (Å²) < 4.78 is 0. The van der Waals surface area contributed by atoms with Gasteiger partial charge in [-0.1, -0.05) is 13.8 Å². The zero-order chi connectivity index (χ0) is 6.73. The van der Waals surface area contributed by atoms with E-state index in [1.165, 1.54) is 0 Å². The van der Waals surface area contributed by atoms with Crippen LogP contribution in [0, 0.1) is 5.92 Å². The first-order valence-corrected chi connectivity index (χ1v) is 2.51. The van der Waals surface area contributed by atoms with Crippen LogP contribution in [0.15, 0.2) is 0 Å². The molecule has 0 bridgehead atoms. The van der Waals surface area contributed by atoms with Crippen LogP contribution in [0.2, 0.25) is 0 Å². The number of nitrogens with two attached hydrogens (primary N) is 1. The molecule has 0 aliphatic rings. The SMILES string of the molecule is CC(C)C([O])C(N)=O. The summed E-state index contributed by atoms with van der Waals surface area (Å²) in [5.74, 6) is -0.951. The standard InChI is InChI=1S/C5H10NO2/c1-3(2)4(7)5(6)8/h3-4H,1-2H3,(H2,6,8). The van der Waals surface area contributed by atoms with Gasteiger partial charge in [0.2, 0.25) is 5.91 Å². The lowest BCUT2D eigenvalue weighted by molar-refractivity contribution is -0.131. The first kappa shape index (κ1) is 7.43. The van der Waals surface area contributed by atoms with E-state index >= 15 is 0 Å². The Morgan fingerprint density at radius 2 is 1.88 bits per heavy atom. The van der Waals surface area contributed by atoms with Crippen LogP contribution in [0.1, 0.15) is 13.8 Å². The van der Waals surface area contributed by atoms with Gasteiger partial charge in [0.15, 0.2) is 6.10 Å². The predicted molar refractivity (Wildman–Crippen MR) is 28.5 cm³/mol. The van der Waals surface area contributed by atoms with Crippen molar-refractivity contribution < 1.29 is 9.90 Å². The molecule has 0 saturated heterocycles. The second-order valence-corrected chi connectivity index (χ2v) is 2.07. The molecule has 0 saturated carbocycles. The van der Waals surface area contributed by atoms with Crippen molar-refractivity contribution >= 4 is 5.91 Å². The van der Waals surface area contributed by atoms with Gasteiger partial charge in [-0.05, 0) is 5.92 Å². The first-order chi connectivity index (χ1) is 3.55. The van der Waals surface area contributed by atoms with E-state index in [4.69, 9.17) is 0 Å². The van der Waals surface area contributed by atoms with Gasteiger partial charge < -0.3 is 5.73 Å². The fraction of sp³-hybridized carbons (Fsp3) is 0.800. The highest BCUT2D eigenvalue weighted by atomic mass is 16.3. The molecular formula is C5H10NO2. The van der Waals surface area contributed by atoms with E-state index in [0.717, 1.165) is 0 Å². The molecule has 0 heterocycles. The van der Waals surface area contributed by atoms with Gasteiger partial charge in [-0.25, -0.2) is 5.11 Å². The van der Waals surface area contributed by atoms with Gasteiger partial charge in [-0.2, -0.15) is 0 Å². The van der Waals surface area contributed by atoms with Crippen molar-refractivity contribution in [2.24, 2.45) is 11.7 Å². The van der Waals surface area contributed by atoms with E-state index in [9.17, 15) is 9.90 Å². The highest BCUT2D eigenvalue weighted by molar-refractivity contribution is 5.78. The summed E-state index contributed by atoms with van der Waals surface area (Å²) in [5, 5.41) is 10.5. The molecule has 0 spiro atoms. The normalized spacial score (nSPS) is 14.0. The molecule has 3 nitrogen and oxygen atoms in total. The third-order valence-corrected chi connectivity index (χ3v) is 0.886. The Labute approximate surface area is 48.5 Å². The highest BCUT2D eigenvalue weighted by Gasteiger charge is 2.16. The molecule has 8 heavy (non-hydrogen) atoms. The van der Waals surface area contributed by atoms with Crippen LogP contribution in [0.3, 0.4) is 0 Å². The molecule has 0 aromatic heterocycles. The maximum Gasteiger partial charge on any atom is 0.250 e. The molecule has 0 aliphatic carbocycles. The summed E-state index contributed by atoms with van der Waals surface area (Å²) in [4.78, 5) is 10.1. The monoisotopic (exact) mass is 116 g/mol. The fourth-order valence-corrected chi connectivity index (χ4v) is 0.329. The molecule has 2 N–H and O–H groups in total. The van der Waals surface area contributed by atoms with Gasteiger partial charge in [0.05, 0.1) is 0 Å². The van der Waals surface area contributed by atoms with Gasteiger partial charge in [0.1, 0.15) is 0 Å². The molecule has 3 heteroatoms. The summed E-state index contributed by atoms with van der Waals surface area (Å²) in [6.07, 6.45) is -1.24. The van der Waals surface area contributed by atoms with Crippen molar-refractivity contribution in [3.8, 4) is 0 Å². The first-order valence-electron chi connectivity index (χ1n) is 2.51. The van der Waals surface area contributed by atoms with E-state index in [1.54, 1.807) is 13.8 Å². The van der Waals surface area contributed by atoms with Crippen LogP contribution in [-0.2, 0) is 9.90 Å². The Morgan fingerprint density at radius 1 is 1.50 bits per heavy atom. The average molecular weight is 116 g/mol. The minimum atomic E-state index is -1.24. The maximum absolute atomic E-state index is 10.5. The zero-order valence-corrected chi connectivity index (χ0v) is 5.05. The number of carbonyl (C=O) groups is 1. The molecular weight excluding hydrogens is 106 g/mol. The number of hydrogen-bond donors (Lipinski definition) is 1. The van der Waals surface area contributed by atoms with E-state index in [-0.39, 0.29) is 5.92 Å². The number of primary amides is 1. The molecule has 1 amide bonds. The second-order valence-electron chi connectivity index (χ2n) is 2.07. The number of amides is 1. The molecule has 0 aromatic carbocycles. The predicted octanol–water partition coefficient (Wildman–Crippen LogP) is -0.0732.